The van der Waals surface area contributed by atoms with Crippen molar-refractivity contribution in [1.29, 1.82) is 0 Å². The Kier molecular flexibility index (Phi) is 3.43. The maximum atomic E-state index is 13.2. The van der Waals surface area contributed by atoms with Crippen LogP contribution in [0.4, 0.5) is 4.39 Å². The Morgan fingerprint density at radius 1 is 0.792 bits per heavy atom. The molecule has 24 heavy (non-hydrogen) atoms. The standard InChI is InChI=1S/C20H12FNO2/c21-14-7-5-6-13(12-14)20(23)24-22-19-17-10-3-1-8-15(17)16-9-2-4-11-18(16)19/h1-12H. The topological polar surface area (TPSA) is 38.7 Å². The molecule has 4 rings (SSSR count). The fourth-order valence-corrected chi connectivity index (χ4v) is 2.85. The zero-order valence-electron chi connectivity index (χ0n) is 12.6. The van der Waals surface area contributed by atoms with E-state index in [1.54, 1.807) is 0 Å². The van der Waals surface area contributed by atoms with E-state index in [1.807, 2.05) is 48.5 Å². The molecule has 0 atom stereocenters. The molecule has 0 fully saturated rings. The SMILES string of the molecule is O=C(ON=C1c2ccccc2-c2ccccc21)c1cccc(F)c1. The second-order valence-electron chi connectivity index (χ2n) is 5.42. The minimum Gasteiger partial charge on any atom is -0.312 e. The smallest absolute Gasteiger partial charge is 0.312 e. The molecule has 1 aliphatic carbocycles. The highest BCUT2D eigenvalue weighted by Gasteiger charge is 2.25. The lowest BCUT2D eigenvalue weighted by molar-refractivity contribution is 0.0516. The predicted octanol–water partition coefficient (Wildman–Crippen LogP) is 4.42. The van der Waals surface area contributed by atoms with Crippen LogP contribution in [0, 0.1) is 5.82 Å². The van der Waals surface area contributed by atoms with E-state index >= 15 is 0 Å². The van der Waals surface area contributed by atoms with Crippen molar-refractivity contribution in [2.45, 2.75) is 0 Å². The third-order valence-electron chi connectivity index (χ3n) is 3.93. The van der Waals surface area contributed by atoms with Gasteiger partial charge in [-0.25, -0.2) is 9.18 Å². The second kappa shape index (κ2) is 5.74. The summed E-state index contributed by atoms with van der Waals surface area (Å²) in [6.45, 7) is 0. The summed E-state index contributed by atoms with van der Waals surface area (Å²) in [5.41, 5.74) is 4.64. The number of oxime groups is 1. The monoisotopic (exact) mass is 317 g/mol. The zero-order valence-corrected chi connectivity index (χ0v) is 12.6. The largest absolute Gasteiger partial charge is 0.365 e. The first-order chi connectivity index (χ1) is 11.7. The van der Waals surface area contributed by atoms with Crippen molar-refractivity contribution in [3.63, 3.8) is 0 Å². The van der Waals surface area contributed by atoms with Gasteiger partial charge in [0.1, 0.15) is 11.5 Å². The van der Waals surface area contributed by atoms with Crippen molar-refractivity contribution in [3.05, 3.63) is 95.3 Å². The molecule has 116 valence electrons. The molecule has 0 saturated heterocycles. The van der Waals surface area contributed by atoms with Gasteiger partial charge >= 0.3 is 5.97 Å². The first kappa shape index (κ1) is 14.3. The molecule has 3 nitrogen and oxygen atoms in total. The summed E-state index contributed by atoms with van der Waals surface area (Å²) >= 11 is 0. The van der Waals surface area contributed by atoms with Crippen LogP contribution in [-0.2, 0) is 4.84 Å². The fourth-order valence-electron chi connectivity index (χ4n) is 2.85. The highest BCUT2D eigenvalue weighted by atomic mass is 19.1. The van der Waals surface area contributed by atoms with Gasteiger partial charge in [0.05, 0.1) is 5.56 Å². The van der Waals surface area contributed by atoms with Gasteiger partial charge in [-0.3, -0.25) is 0 Å². The summed E-state index contributed by atoms with van der Waals surface area (Å²) < 4.78 is 13.2. The molecule has 0 amide bonds. The van der Waals surface area contributed by atoms with Crippen molar-refractivity contribution in [1.82, 2.24) is 0 Å². The highest BCUT2D eigenvalue weighted by molar-refractivity contribution is 6.24. The molecule has 0 spiro atoms. The van der Waals surface area contributed by atoms with Crippen LogP contribution in [0.1, 0.15) is 21.5 Å². The van der Waals surface area contributed by atoms with Crippen molar-refractivity contribution < 1.29 is 14.0 Å². The number of rotatable bonds is 2. The van der Waals surface area contributed by atoms with Crippen molar-refractivity contribution >= 4 is 11.7 Å². The maximum absolute atomic E-state index is 13.2. The Morgan fingerprint density at radius 2 is 1.38 bits per heavy atom. The number of benzene rings is 3. The number of hydrogen-bond acceptors (Lipinski definition) is 3. The number of nitrogens with zero attached hydrogens (tertiary/aromatic N) is 1. The van der Waals surface area contributed by atoms with Gasteiger partial charge < -0.3 is 4.84 Å². The molecule has 0 saturated carbocycles. The van der Waals surface area contributed by atoms with E-state index in [0.717, 1.165) is 28.3 Å². The maximum Gasteiger partial charge on any atom is 0.365 e. The molecule has 0 bridgehead atoms. The Morgan fingerprint density at radius 3 is 1.96 bits per heavy atom. The molecule has 1 aliphatic rings. The molecule has 0 N–H and O–H groups in total. The Hall–Kier alpha value is -3.27. The van der Waals surface area contributed by atoms with Gasteiger partial charge in [0.15, 0.2) is 0 Å². The third-order valence-corrected chi connectivity index (χ3v) is 3.93. The van der Waals surface area contributed by atoms with Crippen molar-refractivity contribution in [2.75, 3.05) is 0 Å². The van der Waals surface area contributed by atoms with Crippen molar-refractivity contribution in [2.24, 2.45) is 5.16 Å². The van der Waals surface area contributed by atoms with Crippen LogP contribution in [0.25, 0.3) is 11.1 Å². The van der Waals surface area contributed by atoms with Gasteiger partial charge in [-0.2, -0.15) is 0 Å². The van der Waals surface area contributed by atoms with E-state index in [1.165, 1.54) is 18.2 Å². The van der Waals surface area contributed by atoms with E-state index in [2.05, 4.69) is 5.16 Å². The third kappa shape index (κ3) is 2.38. The Balaban J connectivity index is 1.71. The summed E-state index contributed by atoms with van der Waals surface area (Å²) in [6, 6.07) is 21.0. The van der Waals surface area contributed by atoms with Gasteiger partial charge in [0.25, 0.3) is 0 Å². The zero-order chi connectivity index (χ0) is 16.5. The Bertz CT molecular complexity index is 931. The van der Waals surface area contributed by atoms with Crippen LogP contribution in [0.2, 0.25) is 0 Å². The molecule has 0 unspecified atom stereocenters. The van der Waals surface area contributed by atoms with E-state index in [0.29, 0.717) is 5.71 Å². The van der Waals surface area contributed by atoms with Crippen LogP contribution in [0.15, 0.2) is 78.0 Å². The average Bonchev–Trinajstić information content (AvgIpc) is 2.94. The minimum atomic E-state index is -0.691. The molecule has 0 radical (unpaired) electrons. The van der Waals surface area contributed by atoms with E-state index in [4.69, 9.17) is 4.84 Å². The molecule has 4 heteroatoms. The average molecular weight is 317 g/mol. The van der Waals surface area contributed by atoms with Crippen molar-refractivity contribution in [3.8, 4) is 11.1 Å². The van der Waals surface area contributed by atoms with Crippen LogP contribution in [0.5, 0.6) is 0 Å². The fraction of sp³-hybridized carbons (Fsp3) is 0. The quantitative estimate of drug-likeness (QED) is 0.405. The Labute approximate surface area is 138 Å². The first-order valence-electron chi connectivity index (χ1n) is 7.48. The first-order valence-corrected chi connectivity index (χ1v) is 7.48. The van der Waals surface area contributed by atoms with Gasteiger partial charge in [0.2, 0.25) is 0 Å². The summed E-state index contributed by atoms with van der Waals surface area (Å²) in [7, 11) is 0. The van der Waals surface area contributed by atoms with Gasteiger partial charge in [-0.1, -0.05) is 59.8 Å². The van der Waals surface area contributed by atoms with E-state index in [-0.39, 0.29) is 5.56 Å². The van der Waals surface area contributed by atoms with Gasteiger partial charge in [-0.15, -0.1) is 0 Å². The van der Waals surface area contributed by atoms with Crippen LogP contribution < -0.4 is 0 Å². The highest BCUT2D eigenvalue weighted by Crippen LogP contribution is 2.36. The summed E-state index contributed by atoms with van der Waals surface area (Å²) in [4.78, 5) is 17.1. The number of carbonyl (C=O) groups is 1. The molecule has 3 aromatic rings. The molecular weight excluding hydrogens is 305 g/mol. The predicted molar refractivity (Wildman–Crippen MR) is 89.3 cm³/mol. The number of halogens is 1. The lowest BCUT2D eigenvalue weighted by atomic mass is 10.1. The number of hydrogen-bond donors (Lipinski definition) is 0. The van der Waals surface area contributed by atoms with Gasteiger partial charge in [-0.05, 0) is 29.3 Å². The van der Waals surface area contributed by atoms with Crippen LogP contribution in [0.3, 0.4) is 0 Å². The normalized spacial score (nSPS) is 11.6. The summed E-state index contributed by atoms with van der Waals surface area (Å²) in [6.07, 6.45) is 0. The number of fused-ring (bicyclic) bond motifs is 3. The van der Waals surface area contributed by atoms with Gasteiger partial charge in [0, 0.05) is 11.1 Å². The van der Waals surface area contributed by atoms with E-state index in [9.17, 15) is 9.18 Å². The lowest BCUT2D eigenvalue weighted by Crippen LogP contribution is -2.05. The minimum absolute atomic E-state index is 0.124. The molecule has 0 aromatic heterocycles. The second-order valence-corrected chi connectivity index (χ2v) is 5.42. The van der Waals surface area contributed by atoms with E-state index < -0.39 is 11.8 Å². The summed E-state index contributed by atoms with van der Waals surface area (Å²) in [5, 5.41) is 4.06. The molecular formula is C20H12FNO2. The van der Waals surface area contributed by atoms with Crippen LogP contribution in [-0.4, -0.2) is 11.7 Å². The lowest BCUT2D eigenvalue weighted by Gasteiger charge is -2.02. The molecule has 3 aromatic carbocycles. The van der Waals surface area contributed by atoms with Crippen LogP contribution >= 0.6 is 0 Å². The summed E-state index contributed by atoms with van der Waals surface area (Å²) in [5.74, 6) is -1.18. The molecule has 0 aliphatic heterocycles. The number of carbonyl (C=O) groups excluding carboxylic acids is 1. The molecule has 0 heterocycles.